The summed E-state index contributed by atoms with van der Waals surface area (Å²) >= 11 is 0. The number of rotatable bonds is 12. The second-order valence-corrected chi connectivity index (χ2v) is 8.92. The summed E-state index contributed by atoms with van der Waals surface area (Å²) in [5.74, 6) is -1.82. The fraction of sp³-hybridized carbons (Fsp3) is 0.500. The molecule has 0 aliphatic carbocycles. The van der Waals surface area contributed by atoms with E-state index in [2.05, 4.69) is 0 Å². The Morgan fingerprint density at radius 2 is 1.82 bits per heavy atom. The molecule has 0 bridgehead atoms. The van der Waals surface area contributed by atoms with Gasteiger partial charge in [0.15, 0.2) is 6.10 Å². The molecule has 1 N–H and O–H groups in total. The Kier molecular flexibility index (Phi) is 10.0. The number of hydrogen-bond acceptors (Lipinski definition) is 5. The number of carbonyl (C=O) groups excluding carboxylic acids is 1. The van der Waals surface area contributed by atoms with Crippen LogP contribution in [0.4, 0.5) is 0 Å². The van der Waals surface area contributed by atoms with E-state index >= 15 is 0 Å². The number of esters is 1. The second-order valence-electron chi connectivity index (χ2n) is 7.55. The van der Waals surface area contributed by atoms with Crippen LogP contribution in [0, 0.1) is 5.92 Å². The SMILES string of the molecule is CC(C)C(C[N+](C)(C)CC[P+](=O)OCc1ccccc1)OC(=O)C=CC(=O)O. The van der Waals surface area contributed by atoms with Crippen molar-refractivity contribution in [3.8, 4) is 0 Å². The summed E-state index contributed by atoms with van der Waals surface area (Å²) < 4.78 is 23.5. The van der Waals surface area contributed by atoms with Gasteiger partial charge in [-0.2, -0.15) is 0 Å². The zero-order valence-corrected chi connectivity index (χ0v) is 17.8. The molecule has 154 valence electrons. The molecule has 0 heterocycles. The number of aliphatic carboxylic acids is 1. The minimum atomic E-state index is -1.79. The minimum Gasteiger partial charge on any atom is -0.478 e. The van der Waals surface area contributed by atoms with Gasteiger partial charge in [0, 0.05) is 12.2 Å². The number of quaternary nitrogens is 1. The summed E-state index contributed by atoms with van der Waals surface area (Å²) in [6, 6.07) is 9.57. The standard InChI is InChI=1S/C20H29NO6P/c1-16(2)18(27-20(24)11-10-19(22)23)14-21(3,4)12-13-28(25)26-15-17-8-6-5-7-9-17/h5-11,16,18H,12-15H2,1-4H3/q+1/p+1. The lowest BCUT2D eigenvalue weighted by Gasteiger charge is -2.33. The average Bonchev–Trinajstić information content (AvgIpc) is 2.63. The van der Waals surface area contributed by atoms with Gasteiger partial charge in [-0.3, -0.25) is 0 Å². The number of likely N-dealkylation sites (N-methyl/N-ethyl adjacent to an activating group) is 1. The quantitative estimate of drug-likeness (QED) is 0.246. The van der Waals surface area contributed by atoms with Crippen molar-refractivity contribution in [2.24, 2.45) is 5.92 Å². The van der Waals surface area contributed by atoms with Crippen LogP contribution < -0.4 is 0 Å². The summed E-state index contributed by atoms with van der Waals surface area (Å²) in [4.78, 5) is 22.3. The molecule has 8 heteroatoms. The first-order valence-electron chi connectivity index (χ1n) is 9.14. The van der Waals surface area contributed by atoms with E-state index in [-0.39, 0.29) is 12.0 Å². The van der Waals surface area contributed by atoms with Crippen LogP contribution in [0.2, 0.25) is 0 Å². The molecule has 7 nitrogen and oxygen atoms in total. The Morgan fingerprint density at radius 3 is 2.39 bits per heavy atom. The van der Waals surface area contributed by atoms with E-state index in [1.165, 1.54) is 0 Å². The molecule has 0 radical (unpaired) electrons. The predicted molar refractivity (Wildman–Crippen MR) is 107 cm³/mol. The van der Waals surface area contributed by atoms with Crippen molar-refractivity contribution in [1.29, 1.82) is 0 Å². The molecule has 2 atom stereocenters. The van der Waals surface area contributed by atoms with E-state index < -0.39 is 20.0 Å². The molecule has 0 aliphatic heterocycles. The van der Waals surface area contributed by atoms with Crippen LogP contribution in [0.15, 0.2) is 42.5 Å². The Labute approximate surface area is 167 Å². The van der Waals surface area contributed by atoms with Crippen molar-refractivity contribution < 1.29 is 33.0 Å². The number of hydrogen-bond donors (Lipinski definition) is 1. The highest BCUT2D eigenvalue weighted by Crippen LogP contribution is 2.25. The highest BCUT2D eigenvalue weighted by Gasteiger charge is 2.31. The maximum atomic E-state index is 12.2. The van der Waals surface area contributed by atoms with Gasteiger partial charge in [0.1, 0.15) is 19.7 Å². The molecule has 0 spiro atoms. The van der Waals surface area contributed by atoms with E-state index in [0.717, 1.165) is 17.7 Å². The maximum Gasteiger partial charge on any atom is 0.514 e. The number of benzene rings is 1. The third-order valence-electron chi connectivity index (χ3n) is 4.15. The third-order valence-corrected chi connectivity index (χ3v) is 5.14. The van der Waals surface area contributed by atoms with Gasteiger partial charge in [-0.05, 0) is 16.0 Å². The van der Waals surface area contributed by atoms with Crippen molar-refractivity contribution in [2.45, 2.75) is 26.6 Å². The molecular weight excluding hydrogens is 381 g/mol. The fourth-order valence-electron chi connectivity index (χ4n) is 2.43. The smallest absolute Gasteiger partial charge is 0.478 e. The summed E-state index contributed by atoms with van der Waals surface area (Å²) in [5, 5.41) is 8.59. The molecule has 0 aromatic heterocycles. The molecule has 0 saturated heterocycles. The summed E-state index contributed by atoms with van der Waals surface area (Å²) in [6.45, 7) is 5.29. The zero-order chi connectivity index (χ0) is 21.2. The Balaban J connectivity index is 2.50. The number of carbonyl (C=O) groups is 2. The maximum absolute atomic E-state index is 12.2. The fourth-order valence-corrected chi connectivity index (χ4v) is 3.55. The van der Waals surface area contributed by atoms with Crippen LogP contribution >= 0.6 is 8.03 Å². The molecule has 28 heavy (non-hydrogen) atoms. The van der Waals surface area contributed by atoms with Gasteiger partial charge < -0.3 is 14.3 Å². The van der Waals surface area contributed by atoms with Crippen molar-refractivity contribution >= 4 is 20.0 Å². The highest BCUT2D eigenvalue weighted by molar-refractivity contribution is 7.39. The van der Waals surface area contributed by atoms with E-state index in [0.29, 0.717) is 30.3 Å². The van der Waals surface area contributed by atoms with Gasteiger partial charge in [-0.1, -0.05) is 44.2 Å². The van der Waals surface area contributed by atoms with Crippen molar-refractivity contribution in [3.05, 3.63) is 48.0 Å². The van der Waals surface area contributed by atoms with Crippen LogP contribution in [0.1, 0.15) is 19.4 Å². The molecule has 1 aromatic rings. The third kappa shape index (κ3) is 10.3. The summed E-state index contributed by atoms with van der Waals surface area (Å²) in [5.41, 5.74) is 0.973. The highest BCUT2D eigenvalue weighted by atomic mass is 31.1. The van der Waals surface area contributed by atoms with E-state index in [1.54, 1.807) is 0 Å². The Hall–Kier alpha value is -2.08. The van der Waals surface area contributed by atoms with E-state index in [9.17, 15) is 14.2 Å². The van der Waals surface area contributed by atoms with E-state index in [4.69, 9.17) is 14.4 Å². The van der Waals surface area contributed by atoms with Crippen LogP contribution in [0.25, 0.3) is 0 Å². The topological polar surface area (TPSA) is 89.9 Å². The lowest BCUT2D eigenvalue weighted by Crippen LogP contribution is -2.49. The minimum absolute atomic E-state index is 0.0580. The molecule has 0 amide bonds. The lowest BCUT2D eigenvalue weighted by atomic mass is 10.1. The number of carboxylic acids is 1. The summed E-state index contributed by atoms with van der Waals surface area (Å²) in [7, 11) is 2.15. The number of nitrogens with zero attached hydrogens (tertiary/aromatic N) is 1. The zero-order valence-electron chi connectivity index (χ0n) is 16.9. The van der Waals surface area contributed by atoms with Gasteiger partial charge >= 0.3 is 20.0 Å². The van der Waals surface area contributed by atoms with Crippen molar-refractivity contribution in [2.75, 3.05) is 33.3 Å². The van der Waals surface area contributed by atoms with Crippen LogP contribution in [0.3, 0.4) is 0 Å². The molecule has 0 fully saturated rings. The summed E-state index contributed by atoms with van der Waals surface area (Å²) in [6.07, 6.45) is 1.68. The van der Waals surface area contributed by atoms with Gasteiger partial charge in [0.05, 0.1) is 14.1 Å². The molecule has 0 saturated carbocycles. The Bertz CT molecular complexity index is 687. The van der Waals surface area contributed by atoms with Gasteiger partial charge in [-0.15, -0.1) is 4.52 Å². The molecular formula is C20H30NO6P+2. The van der Waals surface area contributed by atoms with Gasteiger partial charge in [0.2, 0.25) is 6.16 Å². The monoisotopic (exact) mass is 411 g/mol. The number of ether oxygens (including phenoxy) is 1. The normalized spacial score (nSPS) is 13.5. The van der Waals surface area contributed by atoms with Crippen LogP contribution in [-0.2, 0) is 30.0 Å². The van der Waals surface area contributed by atoms with Gasteiger partial charge in [-0.25, -0.2) is 9.59 Å². The first-order chi connectivity index (χ1) is 13.1. The molecule has 0 aliphatic rings. The molecule has 2 unspecified atom stereocenters. The van der Waals surface area contributed by atoms with Crippen LogP contribution in [0.5, 0.6) is 0 Å². The predicted octanol–water partition coefficient (Wildman–Crippen LogP) is 3.23. The van der Waals surface area contributed by atoms with Crippen molar-refractivity contribution in [1.82, 2.24) is 0 Å². The largest absolute Gasteiger partial charge is 0.514 e. The first kappa shape index (κ1) is 24.0. The second kappa shape index (κ2) is 11.7. The van der Waals surface area contributed by atoms with E-state index in [1.807, 2.05) is 58.3 Å². The number of carboxylic acid groups (broad SMARTS) is 1. The van der Waals surface area contributed by atoms with Gasteiger partial charge in [0.25, 0.3) is 0 Å². The molecule has 1 aromatic carbocycles. The molecule has 1 rings (SSSR count). The Morgan fingerprint density at radius 1 is 1.18 bits per heavy atom. The van der Waals surface area contributed by atoms with Crippen LogP contribution in [-0.4, -0.2) is 61.0 Å². The first-order valence-corrected chi connectivity index (χ1v) is 10.5. The average molecular weight is 411 g/mol. The lowest BCUT2D eigenvalue weighted by molar-refractivity contribution is -0.891. The van der Waals surface area contributed by atoms with Crippen molar-refractivity contribution in [3.63, 3.8) is 0 Å².